The van der Waals surface area contributed by atoms with Crippen LogP contribution in [0.2, 0.25) is 0 Å². The van der Waals surface area contributed by atoms with Crippen LogP contribution in [-0.4, -0.2) is 23.9 Å². The Labute approximate surface area is 111 Å². The number of rotatable bonds is 1. The van der Waals surface area contributed by atoms with Gasteiger partial charge in [0.1, 0.15) is 0 Å². The Balaban J connectivity index is 2.24. The van der Waals surface area contributed by atoms with Gasteiger partial charge in [0.05, 0.1) is 5.56 Å². The van der Waals surface area contributed by atoms with Gasteiger partial charge in [-0.2, -0.15) is 0 Å². The van der Waals surface area contributed by atoms with E-state index in [2.05, 4.69) is 29.8 Å². The standard InChI is InChI=1S/C14H18BrNO/c1-10-5-4-6-11(12(10)15)13(17)16-8-7-14(2,3)9-16/h4-6H,7-9H2,1-3H3. The highest BCUT2D eigenvalue weighted by atomic mass is 79.9. The quantitative estimate of drug-likeness (QED) is 0.775. The second-order valence-electron chi connectivity index (χ2n) is 5.58. The molecule has 17 heavy (non-hydrogen) atoms. The van der Waals surface area contributed by atoms with Crippen LogP contribution >= 0.6 is 15.9 Å². The van der Waals surface area contributed by atoms with Crippen LogP contribution in [0.5, 0.6) is 0 Å². The SMILES string of the molecule is Cc1cccc(C(=O)N2CCC(C)(C)C2)c1Br. The molecule has 0 aliphatic carbocycles. The third kappa shape index (κ3) is 2.54. The lowest BCUT2D eigenvalue weighted by Crippen LogP contribution is -2.30. The molecule has 1 amide bonds. The number of aryl methyl sites for hydroxylation is 1. The second-order valence-corrected chi connectivity index (χ2v) is 6.37. The summed E-state index contributed by atoms with van der Waals surface area (Å²) in [6, 6.07) is 5.84. The van der Waals surface area contributed by atoms with Crippen LogP contribution < -0.4 is 0 Å². The summed E-state index contributed by atoms with van der Waals surface area (Å²) >= 11 is 3.51. The Hall–Kier alpha value is -0.830. The number of carbonyl (C=O) groups is 1. The van der Waals surface area contributed by atoms with Crippen LogP contribution in [0.4, 0.5) is 0 Å². The normalized spacial score (nSPS) is 18.5. The van der Waals surface area contributed by atoms with Gasteiger partial charge in [0.15, 0.2) is 0 Å². The van der Waals surface area contributed by atoms with Gasteiger partial charge in [-0.25, -0.2) is 0 Å². The van der Waals surface area contributed by atoms with E-state index in [-0.39, 0.29) is 11.3 Å². The first-order valence-electron chi connectivity index (χ1n) is 5.95. The van der Waals surface area contributed by atoms with E-state index in [9.17, 15) is 4.79 Å². The van der Waals surface area contributed by atoms with Crippen LogP contribution in [-0.2, 0) is 0 Å². The number of amides is 1. The fraction of sp³-hybridized carbons (Fsp3) is 0.500. The molecule has 1 fully saturated rings. The summed E-state index contributed by atoms with van der Waals surface area (Å²) in [4.78, 5) is 14.4. The minimum atomic E-state index is 0.145. The average molecular weight is 296 g/mol. The number of hydrogen-bond donors (Lipinski definition) is 0. The van der Waals surface area contributed by atoms with Crippen molar-refractivity contribution < 1.29 is 4.79 Å². The van der Waals surface area contributed by atoms with Crippen molar-refractivity contribution >= 4 is 21.8 Å². The molecule has 0 unspecified atom stereocenters. The monoisotopic (exact) mass is 295 g/mol. The van der Waals surface area contributed by atoms with E-state index in [1.807, 2.05) is 30.0 Å². The number of carbonyl (C=O) groups excluding carboxylic acids is 1. The van der Waals surface area contributed by atoms with Crippen molar-refractivity contribution in [2.24, 2.45) is 5.41 Å². The van der Waals surface area contributed by atoms with E-state index in [0.717, 1.165) is 35.1 Å². The fourth-order valence-electron chi connectivity index (χ4n) is 2.27. The molecule has 1 aromatic rings. The predicted molar refractivity (Wildman–Crippen MR) is 73.2 cm³/mol. The molecule has 1 aliphatic rings. The van der Waals surface area contributed by atoms with Crippen LogP contribution in [0.25, 0.3) is 0 Å². The van der Waals surface area contributed by atoms with E-state index < -0.39 is 0 Å². The van der Waals surface area contributed by atoms with Crippen LogP contribution in [0, 0.1) is 12.3 Å². The fourth-order valence-corrected chi connectivity index (χ4v) is 2.70. The molecule has 0 radical (unpaired) electrons. The van der Waals surface area contributed by atoms with E-state index in [1.54, 1.807) is 0 Å². The molecule has 0 bridgehead atoms. The molecule has 2 nitrogen and oxygen atoms in total. The van der Waals surface area contributed by atoms with Gasteiger partial charge in [0, 0.05) is 17.6 Å². The van der Waals surface area contributed by atoms with E-state index in [1.165, 1.54) is 0 Å². The molecule has 1 aromatic carbocycles. The molecular formula is C14H18BrNO. The highest BCUT2D eigenvalue weighted by molar-refractivity contribution is 9.10. The lowest BCUT2D eigenvalue weighted by Gasteiger charge is -2.20. The maximum Gasteiger partial charge on any atom is 0.255 e. The topological polar surface area (TPSA) is 20.3 Å². The van der Waals surface area contributed by atoms with Crippen LogP contribution in [0.1, 0.15) is 36.2 Å². The average Bonchev–Trinajstić information content (AvgIpc) is 2.62. The summed E-state index contributed by atoms with van der Waals surface area (Å²) in [6.07, 6.45) is 1.09. The number of likely N-dealkylation sites (tertiary alicyclic amines) is 1. The summed E-state index contributed by atoms with van der Waals surface area (Å²) in [5.74, 6) is 0.145. The first-order chi connectivity index (χ1) is 7.91. The molecule has 92 valence electrons. The predicted octanol–water partition coefficient (Wildman–Crippen LogP) is 3.63. The van der Waals surface area contributed by atoms with Crippen molar-refractivity contribution in [1.29, 1.82) is 0 Å². The Morgan fingerprint density at radius 1 is 1.41 bits per heavy atom. The van der Waals surface area contributed by atoms with Crippen LogP contribution in [0.15, 0.2) is 22.7 Å². The zero-order valence-corrected chi connectivity index (χ0v) is 12.2. The maximum atomic E-state index is 12.4. The first kappa shape index (κ1) is 12.6. The Morgan fingerprint density at radius 2 is 2.12 bits per heavy atom. The minimum Gasteiger partial charge on any atom is -0.338 e. The first-order valence-corrected chi connectivity index (χ1v) is 6.74. The van der Waals surface area contributed by atoms with E-state index in [0.29, 0.717) is 0 Å². The molecular weight excluding hydrogens is 278 g/mol. The van der Waals surface area contributed by atoms with E-state index in [4.69, 9.17) is 0 Å². The van der Waals surface area contributed by atoms with Gasteiger partial charge in [0.2, 0.25) is 0 Å². The molecule has 3 heteroatoms. The zero-order chi connectivity index (χ0) is 12.6. The van der Waals surface area contributed by atoms with Gasteiger partial charge in [-0.3, -0.25) is 4.79 Å². The molecule has 2 rings (SSSR count). The lowest BCUT2D eigenvalue weighted by molar-refractivity contribution is 0.0777. The van der Waals surface area contributed by atoms with Crippen molar-refractivity contribution in [3.8, 4) is 0 Å². The van der Waals surface area contributed by atoms with Crippen molar-refractivity contribution in [1.82, 2.24) is 4.90 Å². The number of benzene rings is 1. The Kier molecular flexibility index (Phi) is 3.30. The summed E-state index contributed by atoms with van der Waals surface area (Å²) in [6.45, 7) is 8.16. The van der Waals surface area contributed by atoms with E-state index >= 15 is 0 Å². The summed E-state index contributed by atoms with van der Waals surface area (Å²) in [7, 11) is 0. The third-order valence-corrected chi connectivity index (χ3v) is 4.44. The Morgan fingerprint density at radius 3 is 2.71 bits per heavy atom. The summed E-state index contributed by atoms with van der Waals surface area (Å²) in [5.41, 5.74) is 2.14. The Bertz CT molecular complexity index is 454. The number of hydrogen-bond acceptors (Lipinski definition) is 1. The van der Waals surface area contributed by atoms with Crippen molar-refractivity contribution in [2.75, 3.05) is 13.1 Å². The summed E-state index contributed by atoms with van der Waals surface area (Å²) < 4.78 is 0.926. The molecule has 0 N–H and O–H groups in total. The maximum absolute atomic E-state index is 12.4. The smallest absolute Gasteiger partial charge is 0.255 e. The van der Waals surface area contributed by atoms with Gasteiger partial charge in [-0.05, 0) is 46.3 Å². The second kappa shape index (κ2) is 4.45. The van der Waals surface area contributed by atoms with Crippen LogP contribution in [0.3, 0.4) is 0 Å². The van der Waals surface area contributed by atoms with Gasteiger partial charge in [0.25, 0.3) is 5.91 Å². The number of halogens is 1. The summed E-state index contributed by atoms with van der Waals surface area (Å²) in [5, 5.41) is 0. The van der Waals surface area contributed by atoms with Gasteiger partial charge < -0.3 is 4.90 Å². The zero-order valence-electron chi connectivity index (χ0n) is 10.6. The highest BCUT2D eigenvalue weighted by Gasteiger charge is 2.32. The van der Waals surface area contributed by atoms with Gasteiger partial charge in [-0.1, -0.05) is 26.0 Å². The molecule has 0 spiro atoms. The van der Waals surface area contributed by atoms with Gasteiger partial charge >= 0.3 is 0 Å². The number of nitrogens with zero attached hydrogens (tertiary/aromatic N) is 1. The minimum absolute atomic E-state index is 0.145. The largest absolute Gasteiger partial charge is 0.338 e. The molecule has 0 saturated carbocycles. The molecule has 1 aliphatic heterocycles. The molecule has 1 saturated heterocycles. The molecule has 0 atom stereocenters. The van der Waals surface area contributed by atoms with Crippen molar-refractivity contribution in [3.63, 3.8) is 0 Å². The highest BCUT2D eigenvalue weighted by Crippen LogP contribution is 2.31. The van der Waals surface area contributed by atoms with Crippen molar-refractivity contribution in [3.05, 3.63) is 33.8 Å². The molecule has 1 heterocycles. The van der Waals surface area contributed by atoms with Gasteiger partial charge in [-0.15, -0.1) is 0 Å². The lowest BCUT2D eigenvalue weighted by atomic mass is 9.93. The third-order valence-electron chi connectivity index (χ3n) is 3.39. The molecule has 0 aromatic heterocycles. The van der Waals surface area contributed by atoms with Crippen molar-refractivity contribution in [2.45, 2.75) is 27.2 Å².